The van der Waals surface area contributed by atoms with Crippen molar-refractivity contribution in [3.8, 4) is 0 Å². The SMILES string of the molecule is CC(C)(C)C(c1c(F)c(F)c(F)c(F)c1F)N1CCCCC1. The van der Waals surface area contributed by atoms with Crippen LogP contribution in [0.15, 0.2) is 0 Å². The minimum Gasteiger partial charge on any atom is -0.296 e. The Kier molecular flexibility index (Phi) is 4.80. The topological polar surface area (TPSA) is 3.24 Å². The van der Waals surface area contributed by atoms with Gasteiger partial charge in [0.2, 0.25) is 5.82 Å². The Morgan fingerprint density at radius 1 is 0.727 bits per heavy atom. The van der Waals surface area contributed by atoms with Crippen molar-refractivity contribution in [3.63, 3.8) is 0 Å². The molecular formula is C16H20F5N. The van der Waals surface area contributed by atoms with Crippen molar-refractivity contribution in [3.05, 3.63) is 34.6 Å². The summed E-state index contributed by atoms with van der Waals surface area (Å²) in [6.07, 6.45) is 2.70. The molecule has 1 aliphatic heterocycles. The molecule has 1 unspecified atom stereocenters. The monoisotopic (exact) mass is 321 g/mol. The molecule has 0 aromatic heterocycles. The molecule has 2 rings (SSSR count). The number of hydrogen-bond acceptors (Lipinski definition) is 1. The van der Waals surface area contributed by atoms with E-state index < -0.39 is 46.1 Å². The Labute approximate surface area is 127 Å². The Balaban J connectivity index is 2.62. The summed E-state index contributed by atoms with van der Waals surface area (Å²) < 4.78 is 68.7. The van der Waals surface area contributed by atoms with E-state index in [4.69, 9.17) is 0 Å². The van der Waals surface area contributed by atoms with Crippen molar-refractivity contribution < 1.29 is 22.0 Å². The van der Waals surface area contributed by atoms with Gasteiger partial charge in [-0.3, -0.25) is 4.90 Å². The van der Waals surface area contributed by atoms with Crippen LogP contribution in [0.1, 0.15) is 51.6 Å². The third kappa shape index (κ3) is 2.98. The molecule has 1 aromatic carbocycles. The fourth-order valence-corrected chi connectivity index (χ4v) is 3.20. The average Bonchev–Trinajstić information content (AvgIpc) is 2.47. The van der Waals surface area contributed by atoms with Gasteiger partial charge in [0.25, 0.3) is 0 Å². The number of nitrogens with zero attached hydrogens (tertiary/aromatic N) is 1. The summed E-state index contributed by atoms with van der Waals surface area (Å²) in [5.74, 6) is -9.30. The Hall–Kier alpha value is -1.17. The molecule has 0 radical (unpaired) electrons. The molecule has 0 amide bonds. The predicted molar refractivity (Wildman–Crippen MR) is 73.9 cm³/mol. The lowest BCUT2D eigenvalue weighted by atomic mass is 9.80. The Morgan fingerprint density at radius 2 is 1.14 bits per heavy atom. The first-order chi connectivity index (χ1) is 10.2. The van der Waals surface area contributed by atoms with Gasteiger partial charge in [0.15, 0.2) is 23.3 Å². The Morgan fingerprint density at radius 3 is 1.55 bits per heavy atom. The average molecular weight is 321 g/mol. The molecule has 0 N–H and O–H groups in total. The van der Waals surface area contributed by atoms with Crippen LogP contribution < -0.4 is 0 Å². The number of piperidine rings is 1. The van der Waals surface area contributed by atoms with Crippen molar-refractivity contribution in [2.45, 2.75) is 46.1 Å². The zero-order valence-corrected chi connectivity index (χ0v) is 12.9. The summed E-state index contributed by atoms with van der Waals surface area (Å²) in [5, 5.41) is 0. The van der Waals surface area contributed by atoms with Gasteiger partial charge in [-0.1, -0.05) is 27.2 Å². The second-order valence-corrected chi connectivity index (χ2v) is 6.85. The number of rotatable bonds is 2. The maximum atomic E-state index is 14.2. The van der Waals surface area contributed by atoms with Crippen LogP contribution in [0, 0.1) is 34.5 Å². The van der Waals surface area contributed by atoms with Crippen LogP contribution in [-0.2, 0) is 0 Å². The molecule has 1 saturated heterocycles. The Bertz CT molecular complexity index is 530. The standard InChI is InChI=1S/C16H20F5N/c1-16(2,3)15(22-7-5-4-6-8-22)9-10(17)12(19)14(21)13(20)11(9)18/h15H,4-8H2,1-3H3. The molecule has 1 nitrogen and oxygen atoms in total. The molecule has 22 heavy (non-hydrogen) atoms. The fraction of sp³-hybridized carbons (Fsp3) is 0.625. The lowest BCUT2D eigenvalue weighted by Crippen LogP contribution is -2.41. The summed E-state index contributed by atoms with van der Waals surface area (Å²) in [4.78, 5) is 1.82. The highest BCUT2D eigenvalue weighted by atomic mass is 19.2. The third-order valence-electron chi connectivity index (χ3n) is 4.09. The van der Waals surface area contributed by atoms with Crippen LogP contribution >= 0.6 is 0 Å². The van der Waals surface area contributed by atoms with Crippen molar-refractivity contribution >= 4 is 0 Å². The molecule has 124 valence electrons. The first-order valence-corrected chi connectivity index (χ1v) is 7.41. The van der Waals surface area contributed by atoms with Crippen LogP contribution in [0.4, 0.5) is 22.0 Å². The summed E-state index contributed by atoms with van der Waals surface area (Å²) in [7, 11) is 0. The lowest BCUT2D eigenvalue weighted by molar-refractivity contribution is 0.0725. The van der Waals surface area contributed by atoms with E-state index in [0.29, 0.717) is 13.1 Å². The maximum Gasteiger partial charge on any atom is 0.200 e. The highest BCUT2D eigenvalue weighted by Crippen LogP contribution is 2.42. The van der Waals surface area contributed by atoms with E-state index >= 15 is 0 Å². The summed E-state index contributed by atoms with van der Waals surface area (Å²) >= 11 is 0. The van der Waals surface area contributed by atoms with Crippen LogP contribution in [0.5, 0.6) is 0 Å². The van der Waals surface area contributed by atoms with Crippen LogP contribution in [0.2, 0.25) is 0 Å². The molecule has 1 aliphatic rings. The predicted octanol–water partition coefficient (Wildman–Crippen LogP) is 4.96. The van der Waals surface area contributed by atoms with Crippen LogP contribution in [0.25, 0.3) is 0 Å². The first kappa shape index (κ1) is 17.2. The van der Waals surface area contributed by atoms with E-state index in [1.165, 1.54) is 0 Å². The van der Waals surface area contributed by atoms with Crippen molar-refractivity contribution in [2.75, 3.05) is 13.1 Å². The molecule has 0 bridgehead atoms. The minimum absolute atomic E-state index is 0.585. The van der Waals surface area contributed by atoms with E-state index in [0.717, 1.165) is 19.3 Å². The van der Waals surface area contributed by atoms with E-state index in [1.807, 2.05) is 4.90 Å². The third-order valence-corrected chi connectivity index (χ3v) is 4.09. The zero-order chi connectivity index (χ0) is 16.7. The highest BCUT2D eigenvalue weighted by molar-refractivity contribution is 5.28. The van der Waals surface area contributed by atoms with E-state index in [1.54, 1.807) is 20.8 Å². The molecule has 6 heteroatoms. The molecule has 1 atom stereocenters. The summed E-state index contributed by atoms with van der Waals surface area (Å²) in [5.41, 5.74) is -1.39. The second kappa shape index (κ2) is 6.14. The number of benzene rings is 1. The van der Waals surface area contributed by atoms with E-state index in [2.05, 4.69) is 0 Å². The molecule has 0 aliphatic carbocycles. The largest absolute Gasteiger partial charge is 0.296 e. The molecular weight excluding hydrogens is 301 g/mol. The van der Waals surface area contributed by atoms with Crippen molar-refractivity contribution in [2.24, 2.45) is 5.41 Å². The first-order valence-electron chi connectivity index (χ1n) is 7.41. The second-order valence-electron chi connectivity index (χ2n) is 6.85. The van der Waals surface area contributed by atoms with Gasteiger partial charge in [-0.15, -0.1) is 0 Å². The van der Waals surface area contributed by atoms with Gasteiger partial charge in [0.05, 0.1) is 0 Å². The molecule has 1 aromatic rings. The van der Waals surface area contributed by atoms with Crippen molar-refractivity contribution in [1.82, 2.24) is 4.90 Å². The normalized spacial score (nSPS) is 18.5. The molecule has 0 saturated carbocycles. The van der Waals surface area contributed by atoms with E-state index in [-0.39, 0.29) is 0 Å². The lowest BCUT2D eigenvalue weighted by Gasteiger charge is -2.42. The molecule has 1 fully saturated rings. The smallest absolute Gasteiger partial charge is 0.200 e. The van der Waals surface area contributed by atoms with Gasteiger partial charge >= 0.3 is 0 Å². The highest BCUT2D eigenvalue weighted by Gasteiger charge is 2.39. The van der Waals surface area contributed by atoms with Crippen LogP contribution in [0.3, 0.4) is 0 Å². The van der Waals surface area contributed by atoms with Gasteiger partial charge in [0.1, 0.15) is 0 Å². The minimum atomic E-state index is -2.11. The molecule has 0 spiro atoms. The van der Waals surface area contributed by atoms with Gasteiger partial charge in [0, 0.05) is 11.6 Å². The quantitative estimate of drug-likeness (QED) is 0.423. The van der Waals surface area contributed by atoms with Gasteiger partial charge in [-0.05, 0) is 31.3 Å². The fourth-order valence-electron chi connectivity index (χ4n) is 3.20. The zero-order valence-electron chi connectivity index (χ0n) is 12.9. The van der Waals surface area contributed by atoms with Crippen molar-refractivity contribution in [1.29, 1.82) is 0 Å². The number of likely N-dealkylation sites (tertiary alicyclic amines) is 1. The van der Waals surface area contributed by atoms with E-state index in [9.17, 15) is 22.0 Å². The van der Waals surface area contributed by atoms with Gasteiger partial charge < -0.3 is 0 Å². The molecule has 1 heterocycles. The maximum absolute atomic E-state index is 14.2. The number of halogens is 5. The summed E-state index contributed by atoms with van der Waals surface area (Å²) in [6.45, 7) is 6.39. The van der Waals surface area contributed by atoms with Crippen LogP contribution in [-0.4, -0.2) is 18.0 Å². The van der Waals surface area contributed by atoms with Gasteiger partial charge in [-0.25, -0.2) is 22.0 Å². The summed E-state index contributed by atoms with van der Waals surface area (Å²) in [6, 6.07) is -0.864. The van der Waals surface area contributed by atoms with Gasteiger partial charge in [-0.2, -0.15) is 0 Å². The number of hydrogen-bond donors (Lipinski definition) is 0.